The summed E-state index contributed by atoms with van der Waals surface area (Å²) in [6.07, 6.45) is 0. The lowest BCUT2D eigenvalue weighted by molar-refractivity contribution is 0.256. The number of aliphatic hydroxyl groups is 2. The van der Waals surface area contributed by atoms with Crippen molar-refractivity contribution >= 4 is 17.0 Å². The Morgan fingerprint density at radius 3 is 2.55 bits per heavy atom. The quantitative estimate of drug-likeness (QED) is 0.414. The van der Waals surface area contributed by atoms with Gasteiger partial charge in [0.05, 0.1) is 25.1 Å². The Balaban J connectivity index is 2.13. The number of fused-ring (bicyclic) bond motifs is 1. The Morgan fingerprint density at radius 1 is 1.06 bits per heavy atom. The van der Waals surface area contributed by atoms with Gasteiger partial charge in [0.15, 0.2) is 5.65 Å². The van der Waals surface area contributed by atoms with Crippen molar-refractivity contribution in [3.8, 4) is 22.7 Å². The fourth-order valence-corrected chi connectivity index (χ4v) is 3.54. The number of aliphatic hydroxyl groups excluding tert-OH is 2. The van der Waals surface area contributed by atoms with Gasteiger partial charge in [0.25, 0.3) is 5.56 Å². The first-order valence-corrected chi connectivity index (χ1v) is 9.97. The number of pyridine rings is 1. The van der Waals surface area contributed by atoms with Gasteiger partial charge in [-0.2, -0.15) is 4.98 Å². The normalized spacial score (nSPS) is 11.1. The second-order valence-corrected chi connectivity index (χ2v) is 7.04. The van der Waals surface area contributed by atoms with Crippen LogP contribution in [0.3, 0.4) is 0 Å². The van der Waals surface area contributed by atoms with Crippen LogP contribution in [0.15, 0.2) is 59.4 Å². The fourth-order valence-electron chi connectivity index (χ4n) is 3.54. The van der Waals surface area contributed by atoms with Crippen molar-refractivity contribution in [3.63, 3.8) is 0 Å². The summed E-state index contributed by atoms with van der Waals surface area (Å²) in [5.41, 5.74) is 0.178. The molecule has 33 heavy (non-hydrogen) atoms. The number of anilines is 1. The van der Waals surface area contributed by atoms with E-state index < -0.39 is 23.9 Å². The molecule has 2 heterocycles. The van der Waals surface area contributed by atoms with Crippen LogP contribution in [-0.4, -0.2) is 51.7 Å². The van der Waals surface area contributed by atoms with Crippen LogP contribution in [0, 0.1) is 11.6 Å². The fraction of sp³-hybridized carbons (Fsp3) is 0.174. The molecule has 0 unspecified atom stereocenters. The third-order valence-electron chi connectivity index (χ3n) is 5.07. The summed E-state index contributed by atoms with van der Waals surface area (Å²) in [6.45, 7) is -0.797. The van der Waals surface area contributed by atoms with Crippen molar-refractivity contribution < 1.29 is 23.7 Å². The van der Waals surface area contributed by atoms with Crippen LogP contribution < -0.4 is 15.2 Å². The van der Waals surface area contributed by atoms with Gasteiger partial charge >= 0.3 is 0 Å². The van der Waals surface area contributed by atoms with Crippen LogP contribution in [0.5, 0.6) is 5.75 Å². The number of methoxy groups -OCH3 is 1. The van der Waals surface area contributed by atoms with Crippen molar-refractivity contribution in [2.75, 3.05) is 31.9 Å². The van der Waals surface area contributed by atoms with Gasteiger partial charge in [-0.25, -0.2) is 13.8 Å². The topological polar surface area (TPSA) is 101 Å². The van der Waals surface area contributed by atoms with Crippen molar-refractivity contribution in [1.29, 1.82) is 0 Å². The van der Waals surface area contributed by atoms with Crippen molar-refractivity contribution in [2.24, 2.45) is 0 Å². The predicted molar refractivity (Wildman–Crippen MR) is 119 cm³/mol. The molecule has 4 rings (SSSR count). The maximum Gasteiger partial charge on any atom is 0.256 e. The number of ether oxygens (including phenoxy) is 1. The molecule has 0 saturated carbocycles. The lowest BCUT2D eigenvalue weighted by atomic mass is 10.1. The number of nitrogens with zero attached hydrogens (tertiary/aromatic N) is 4. The highest BCUT2D eigenvalue weighted by atomic mass is 19.1. The zero-order valence-corrected chi connectivity index (χ0v) is 17.6. The first kappa shape index (κ1) is 22.3. The first-order chi connectivity index (χ1) is 16.0. The average molecular weight is 454 g/mol. The monoisotopic (exact) mass is 454 g/mol. The van der Waals surface area contributed by atoms with E-state index in [4.69, 9.17) is 4.74 Å². The van der Waals surface area contributed by atoms with E-state index >= 15 is 0 Å². The van der Waals surface area contributed by atoms with Gasteiger partial charge in [-0.1, -0.05) is 12.1 Å². The smallest absolute Gasteiger partial charge is 0.256 e. The van der Waals surface area contributed by atoms with E-state index in [9.17, 15) is 23.8 Å². The molecule has 10 heteroatoms. The summed E-state index contributed by atoms with van der Waals surface area (Å²) in [4.78, 5) is 23.1. The molecular formula is C23H20F2N4O4. The highest BCUT2D eigenvalue weighted by Gasteiger charge is 2.21. The molecule has 0 aliphatic carbocycles. The van der Waals surface area contributed by atoms with E-state index in [0.717, 1.165) is 16.7 Å². The van der Waals surface area contributed by atoms with Gasteiger partial charge in [-0.05, 0) is 30.3 Å². The standard InChI is InChI=1S/C23H20F2N4O4/c1-33-19-5-3-2-4-15(19)21-16-7-9-20(32)29(18-8-6-14(24)12-17(18)25)22(16)27-23(26-21)28(13-31)10-11-30/h2-9,12,30-31H,10-11,13H2,1H3. The molecule has 0 aliphatic heterocycles. The van der Waals surface area contributed by atoms with E-state index in [1.807, 2.05) is 0 Å². The zero-order valence-electron chi connectivity index (χ0n) is 17.6. The third-order valence-corrected chi connectivity index (χ3v) is 5.07. The van der Waals surface area contributed by atoms with Crippen LogP contribution in [0.1, 0.15) is 0 Å². The number of rotatable bonds is 7. The van der Waals surface area contributed by atoms with Gasteiger partial charge in [-0.3, -0.25) is 9.36 Å². The molecule has 0 spiro atoms. The van der Waals surface area contributed by atoms with Crippen molar-refractivity contribution in [1.82, 2.24) is 14.5 Å². The van der Waals surface area contributed by atoms with Crippen molar-refractivity contribution in [3.05, 3.63) is 76.6 Å². The molecule has 2 aromatic heterocycles. The van der Waals surface area contributed by atoms with Crippen LogP contribution in [0.25, 0.3) is 28.0 Å². The van der Waals surface area contributed by atoms with Gasteiger partial charge in [0.1, 0.15) is 24.1 Å². The van der Waals surface area contributed by atoms with E-state index in [-0.39, 0.29) is 30.4 Å². The molecule has 0 aliphatic rings. The third kappa shape index (κ3) is 4.13. The number of para-hydroxylation sites is 1. The Hall–Kier alpha value is -3.89. The predicted octanol–water partition coefficient (Wildman–Crippen LogP) is 2.48. The molecule has 2 aromatic carbocycles. The highest BCUT2D eigenvalue weighted by molar-refractivity contribution is 5.93. The van der Waals surface area contributed by atoms with Gasteiger partial charge in [0, 0.05) is 29.6 Å². The lowest BCUT2D eigenvalue weighted by Crippen LogP contribution is -2.30. The lowest BCUT2D eigenvalue weighted by Gasteiger charge is -2.21. The minimum atomic E-state index is -0.946. The molecule has 2 N–H and O–H groups in total. The molecular weight excluding hydrogens is 434 g/mol. The number of halogens is 2. The number of benzene rings is 2. The largest absolute Gasteiger partial charge is 0.496 e. The molecule has 8 nitrogen and oxygen atoms in total. The molecule has 0 fully saturated rings. The summed E-state index contributed by atoms with van der Waals surface area (Å²) >= 11 is 0. The van der Waals surface area contributed by atoms with Crippen LogP contribution in [-0.2, 0) is 0 Å². The summed E-state index contributed by atoms with van der Waals surface area (Å²) in [5.74, 6) is -1.24. The highest BCUT2D eigenvalue weighted by Crippen LogP contribution is 2.34. The molecule has 0 amide bonds. The Kier molecular flexibility index (Phi) is 6.29. The first-order valence-electron chi connectivity index (χ1n) is 9.97. The van der Waals surface area contributed by atoms with Crippen LogP contribution in [0.4, 0.5) is 14.7 Å². The minimum Gasteiger partial charge on any atom is -0.496 e. The number of aromatic nitrogens is 3. The van der Waals surface area contributed by atoms with Crippen LogP contribution in [0.2, 0.25) is 0 Å². The summed E-state index contributed by atoms with van der Waals surface area (Å²) in [5, 5.41) is 19.6. The van der Waals surface area contributed by atoms with Crippen LogP contribution >= 0.6 is 0 Å². The van der Waals surface area contributed by atoms with Gasteiger partial charge < -0.3 is 19.8 Å². The number of hydrogen-bond acceptors (Lipinski definition) is 7. The van der Waals surface area contributed by atoms with E-state index in [2.05, 4.69) is 9.97 Å². The van der Waals surface area contributed by atoms with Gasteiger partial charge in [0.2, 0.25) is 5.95 Å². The Morgan fingerprint density at radius 2 is 1.85 bits per heavy atom. The summed E-state index contributed by atoms with van der Waals surface area (Å²) < 4.78 is 34.7. The maximum atomic E-state index is 14.7. The Bertz CT molecular complexity index is 1380. The Labute approximate surface area is 187 Å². The second-order valence-electron chi connectivity index (χ2n) is 7.04. The minimum absolute atomic E-state index is 0.00169. The molecule has 0 bridgehead atoms. The molecule has 0 atom stereocenters. The summed E-state index contributed by atoms with van der Waals surface area (Å²) in [7, 11) is 1.50. The van der Waals surface area contributed by atoms with E-state index in [1.54, 1.807) is 24.3 Å². The summed E-state index contributed by atoms with van der Waals surface area (Å²) in [6, 6.07) is 12.7. The molecule has 4 aromatic rings. The number of hydrogen-bond donors (Lipinski definition) is 2. The van der Waals surface area contributed by atoms with Gasteiger partial charge in [-0.15, -0.1) is 0 Å². The molecule has 170 valence electrons. The van der Waals surface area contributed by atoms with E-state index in [0.29, 0.717) is 28.5 Å². The average Bonchev–Trinajstić information content (AvgIpc) is 2.82. The zero-order chi connectivity index (χ0) is 23.5. The molecule has 0 radical (unpaired) electrons. The van der Waals surface area contributed by atoms with E-state index in [1.165, 1.54) is 24.1 Å². The molecule has 0 saturated heterocycles. The maximum absolute atomic E-state index is 14.7. The SMILES string of the molecule is COc1ccccc1-c1nc(N(CO)CCO)nc2c1ccc(=O)n2-c1ccc(F)cc1F. The van der Waals surface area contributed by atoms with Crippen molar-refractivity contribution in [2.45, 2.75) is 0 Å². The second kappa shape index (κ2) is 9.31.